The van der Waals surface area contributed by atoms with Crippen LogP contribution >= 0.6 is 23.1 Å². The first-order valence-electron chi connectivity index (χ1n) is 17.2. The summed E-state index contributed by atoms with van der Waals surface area (Å²) in [5, 5.41) is 19.0. The lowest BCUT2D eigenvalue weighted by molar-refractivity contribution is -0.116. The monoisotopic (exact) mass is 736 g/mol. The van der Waals surface area contributed by atoms with Gasteiger partial charge >= 0.3 is 0 Å². The summed E-state index contributed by atoms with van der Waals surface area (Å²) in [7, 11) is 3.06. The predicted octanol–water partition coefficient (Wildman–Crippen LogP) is 8.71. The summed E-state index contributed by atoms with van der Waals surface area (Å²) in [5.41, 5.74) is 3.35. The molecule has 0 bridgehead atoms. The van der Waals surface area contributed by atoms with Crippen molar-refractivity contribution in [2.45, 2.75) is 63.5 Å². The number of benzene rings is 3. The van der Waals surface area contributed by atoms with E-state index in [1.165, 1.54) is 42.2 Å². The van der Waals surface area contributed by atoms with Crippen molar-refractivity contribution in [3.05, 3.63) is 106 Å². The Bertz CT molecular complexity index is 2010. The Kier molecular flexibility index (Phi) is 12.5. The van der Waals surface area contributed by atoms with Crippen molar-refractivity contribution in [1.29, 1.82) is 5.26 Å². The second-order valence-electron chi connectivity index (χ2n) is 13.6. The Hall–Kier alpha value is -5.05. The highest BCUT2D eigenvalue weighted by Gasteiger charge is 2.33. The molecule has 3 amide bonds. The van der Waals surface area contributed by atoms with Crippen molar-refractivity contribution in [2.24, 2.45) is 11.3 Å². The molecule has 270 valence electrons. The van der Waals surface area contributed by atoms with E-state index in [1.807, 2.05) is 19.1 Å². The molecule has 1 aromatic heterocycles. The van der Waals surface area contributed by atoms with E-state index >= 15 is 0 Å². The number of anilines is 2. The first kappa shape index (κ1) is 38.2. The van der Waals surface area contributed by atoms with Crippen molar-refractivity contribution in [3.63, 3.8) is 0 Å². The molecule has 11 heteroatoms. The van der Waals surface area contributed by atoms with Gasteiger partial charge in [0.2, 0.25) is 5.91 Å². The number of nitrogens with zero attached hydrogens (tertiary/aromatic N) is 1. The van der Waals surface area contributed by atoms with Gasteiger partial charge in [-0.1, -0.05) is 58.0 Å². The third-order valence-electron chi connectivity index (χ3n) is 9.12. The number of fused-ring (bicyclic) bond motifs is 1. The van der Waals surface area contributed by atoms with E-state index in [0.717, 1.165) is 29.7 Å². The molecule has 1 heterocycles. The van der Waals surface area contributed by atoms with E-state index in [-0.39, 0.29) is 17.0 Å². The first-order valence-corrected chi connectivity index (χ1v) is 18.9. The van der Waals surface area contributed by atoms with Gasteiger partial charge in [-0.25, -0.2) is 0 Å². The smallest absolute Gasteiger partial charge is 0.272 e. The summed E-state index contributed by atoms with van der Waals surface area (Å²) in [4.78, 5) is 42.5. The van der Waals surface area contributed by atoms with Crippen LogP contribution in [0.25, 0.3) is 6.08 Å². The molecule has 2 atom stereocenters. The van der Waals surface area contributed by atoms with Crippen LogP contribution < -0.4 is 25.4 Å². The number of carbonyl (C=O) groups is 3. The van der Waals surface area contributed by atoms with E-state index in [4.69, 9.17) is 9.47 Å². The maximum Gasteiger partial charge on any atom is 0.272 e. The van der Waals surface area contributed by atoms with Crippen molar-refractivity contribution in [1.82, 2.24) is 5.32 Å². The predicted molar refractivity (Wildman–Crippen MR) is 209 cm³/mol. The van der Waals surface area contributed by atoms with Gasteiger partial charge in [0.05, 0.1) is 25.0 Å². The number of thiophene rings is 1. The number of nitrogens with one attached hydrogen (secondary N) is 3. The Morgan fingerprint density at radius 2 is 1.75 bits per heavy atom. The normalized spacial score (nSPS) is 14.7. The molecular formula is C41H44N4O5S2. The van der Waals surface area contributed by atoms with Gasteiger partial charge in [-0.3, -0.25) is 14.4 Å². The fraction of sp³-hybridized carbons (Fsp3) is 0.317. The minimum Gasteiger partial charge on any atom is -0.493 e. The maximum absolute atomic E-state index is 13.7. The highest BCUT2D eigenvalue weighted by Crippen LogP contribution is 2.44. The molecule has 3 aromatic carbocycles. The van der Waals surface area contributed by atoms with Gasteiger partial charge in [0.1, 0.15) is 16.8 Å². The summed E-state index contributed by atoms with van der Waals surface area (Å²) < 4.78 is 10.8. The van der Waals surface area contributed by atoms with Gasteiger partial charge < -0.3 is 25.4 Å². The number of methoxy groups -OCH3 is 2. The lowest BCUT2D eigenvalue weighted by atomic mass is 9.72. The first-order chi connectivity index (χ1) is 24.9. The second kappa shape index (κ2) is 17.0. The molecule has 52 heavy (non-hydrogen) atoms. The summed E-state index contributed by atoms with van der Waals surface area (Å²) in [5.74, 6) is 0.378. The number of thioether (sulfide) groups is 1. The number of rotatable bonds is 12. The average molecular weight is 737 g/mol. The van der Waals surface area contributed by atoms with Crippen LogP contribution in [-0.4, -0.2) is 37.2 Å². The lowest BCUT2D eigenvalue weighted by Crippen LogP contribution is -2.30. The quantitative estimate of drug-likeness (QED) is 0.0980. The van der Waals surface area contributed by atoms with Crippen molar-refractivity contribution < 1.29 is 23.9 Å². The Labute approximate surface area is 313 Å². The Morgan fingerprint density at radius 1 is 1.00 bits per heavy atom. The summed E-state index contributed by atoms with van der Waals surface area (Å²) in [6, 6.07) is 23.4. The van der Waals surface area contributed by atoms with Gasteiger partial charge in [-0.05, 0) is 96.7 Å². The summed E-state index contributed by atoms with van der Waals surface area (Å²) in [6.45, 7) is 8.72. The third kappa shape index (κ3) is 9.24. The second-order valence-corrected chi connectivity index (χ2v) is 16.0. The molecule has 5 rings (SSSR count). The van der Waals surface area contributed by atoms with Crippen LogP contribution in [0.15, 0.2) is 83.4 Å². The van der Waals surface area contributed by atoms with E-state index in [1.54, 1.807) is 66.7 Å². The molecule has 2 unspecified atom stereocenters. The molecule has 3 N–H and O–H groups in total. The zero-order valence-corrected chi connectivity index (χ0v) is 31.9. The zero-order valence-electron chi connectivity index (χ0n) is 30.3. The van der Waals surface area contributed by atoms with E-state index < -0.39 is 17.1 Å². The topological polar surface area (TPSA) is 130 Å². The fourth-order valence-electron chi connectivity index (χ4n) is 6.11. The molecule has 0 saturated carbocycles. The van der Waals surface area contributed by atoms with Gasteiger partial charge in [0.25, 0.3) is 11.8 Å². The van der Waals surface area contributed by atoms with Crippen LogP contribution in [-0.2, 0) is 22.4 Å². The van der Waals surface area contributed by atoms with Crippen molar-refractivity contribution in [3.8, 4) is 17.6 Å². The third-order valence-corrected chi connectivity index (χ3v) is 11.6. The molecule has 9 nitrogen and oxygen atoms in total. The highest BCUT2D eigenvalue weighted by molar-refractivity contribution is 8.00. The molecule has 0 aliphatic heterocycles. The fourth-order valence-corrected chi connectivity index (χ4v) is 8.40. The van der Waals surface area contributed by atoms with Crippen molar-refractivity contribution in [2.75, 3.05) is 24.9 Å². The average Bonchev–Trinajstić information content (AvgIpc) is 3.49. The minimum absolute atomic E-state index is 0.0192. The minimum atomic E-state index is -0.537. The van der Waals surface area contributed by atoms with Gasteiger partial charge in [-0.2, -0.15) is 5.26 Å². The molecule has 0 saturated heterocycles. The number of carbonyl (C=O) groups excluding carboxylic acids is 3. The van der Waals surface area contributed by atoms with E-state index in [2.05, 4.69) is 42.8 Å². The van der Waals surface area contributed by atoms with E-state index in [9.17, 15) is 19.6 Å². The van der Waals surface area contributed by atoms with Crippen LogP contribution in [0.1, 0.15) is 72.5 Å². The Morgan fingerprint density at radius 3 is 2.42 bits per heavy atom. The molecule has 1 aliphatic rings. The number of ether oxygens (including phenoxy) is 2. The SMILES string of the molecule is CCC(Sc1cccc(NC(=O)/C(=C\c2ccc(OC)c(OC)c2)NC(=O)c2ccccc2)c1)C(=O)Nc1sc2c(c1C#N)CCC(C(C)(C)C)C2. The van der Waals surface area contributed by atoms with Crippen LogP contribution in [0.4, 0.5) is 10.7 Å². The molecule has 4 aromatic rings. The number of hydrogen-bond donors (Lipinski definition) is 3. The van der Waals surface area contributed by atoms with Gasteiger partial charge in [0, 0.05) is 21.0 Å². The Balaban J connectivity index is 1.32. The summed E-state index contributed by atoms with van der Waals surface area (Å²) >= 11 is 2.91. The van der Waals surface area contributed by atoms with E-state index in [0.29, 0.717) is 51.2 Å². The molecule has 1 aliphatic carbocycles. The molecule has 0 spiro atoms. The summed E-state index contributed by atoms with van der Waals surface area (Å²) in [6.07, 6.45) is 4.91. The van der Waals surface area contributed by atoms with Crippen LogP contribution in [0.2, 0.25) is 0 Å². The maximum atomic E-state index is 13.7. The number of hydrogen-bond acceptors (Lipinski definition) is 8. The van der Waals surface area contributed by atoms with Crippen LogP contribution in [0, 0.1) is 22.7 Å². The zero-order chi connectivity index (χ0) is 37.4. The van der Waals surface area contributed by atoms with Gasteiger partial charge in [-0.15, -0.1) is 23.1 Å². The molecular weight excluding hydrogens is 693 g/mol. The largest absolute Gasteiger partial charge is 0.493 e. The van der Waals surface area contributed by atoms with Gasteiger partial charge in [0.15, 0.2) is 11.5 Å². The number of nitriles is 1. The van der Waals surface area contributed by atoms with Crippen LogP contribution in [0.3, 0.4) is 0 Å². The van der Waals surface area contributed by atoms with Crippen LogP contribution in [0.5, 0.6) is 11.5 Å². The van der Waals surface area contributed by atoms with Crippen molar-refractivity contribution >= 4 is 57.6 Å². The lowest BCUT2D eigenvalue weighted by Gasteiger charge is -2.33. The standard InChI is InChI=1S/C41H44N4O5S2/c1-7-35(39(48)45-40-31(24-42)30-18-17-27(41(2,3)4)22-36(30)52-40)51-29-15-11-14-28(23-29)43-38(47)32(44-37(46)26-12-9-8-10-13-26)20-25-16-19-33(49-5)34(21-25)50-6/h8-16,19-21,23,27,35H,7,17-18,22H2,1-6H3,(H,43,47)(H,44,46)(H,45,48)/b32-20+. The highest BCUT2D eigenvalue weighted by atomic mass is 32.2. The molecule has 0 radical (unpaired) electrons. The number of amides is 3. The molecule has 0 fully saturated rings.